The number of hydrogen-bond donors (Lipinski definition) is 0. The molecule has 2 aliphatic carbocycles. The standard InChI is InChI=1S/C14H22BrF3O/c1-12(2)10-4-5-11(8-10)13(12,9-15)19-7-3-6-14(16,17)18/h10-11H,3-9H2,1-2H3. The first-order chi connectivity index (χ1) is 8.73. The molecule has 3 atom stereocenters. The van der Waals surface area contributed by atoms with E-state index in [1.54, 1.807) is 0 Å². The minimum Gasteiger partial charge on any atom is -0.373 e. The lowest BCUT2D eigenvalue weighted by atomic mass is 9.66. The fourth-order valence-electron chi connectivity index (χ4n) is 4.08. The molecule has 112 valence electrons. The summed E-state index contributed by atoms with van der Waals surface area (Å²) in [6, 6.07) is 0. The van der Waals surface area contributed by atoms with Crippen molar-refractivity contribution >= 4 is 15.9 Å². The highest BCUT2D eigenvalue weighted by molar-refractivity contribution is 9.09. The van der Waals surface area contributed by atoms with Gasteiger partial charge in [-0.3, -0.25) is 0 Å². The van der Waals surface area contributed by atoms with Gasteiger partial charge in [0.15, 0.2) is 0 Å². The topological polar surface area (TPSA) is 9.23 Å². The Kier molecular flexibility index (Phi) is 4.28. The maximum Gasteiger partial charge on any atom is 0.389 e. The quantitative estimate of drug-likeness (QED) is 0.508. The highest BCUT2D eigenvalue weighted by Gasteiger charge is 2.63. The smallest absolute Gasteiger partial charge is 0.373 e. The van der Waals surface area contributed by atoms with Gasteiger partial charge in [0.1, 0.15) is 0 Å². The molecule has 3 unspecified atom stereocenters. The predicted octanol–water partition coefficient (Wildman–Crippen LogP) is 4.94. The van der Waals surface area contributed by atoms with Crippen LogP contribution in [0.3, 0.4) is 0 Å². The highest BCUT2D eigenvalue weighted by atomic mass is 79.9. The average Bonchev–Trinajstić information content (AvgIpc) is 2.83. The molecule has 0 spiro atoms. The Morgan fingerprint density at radius 1 is 1.21 bits per heavy atom. The van der Waals surface area contributed by atoms with Crippen molar-refractivity contribution in [2.75, 3.05) is 11.9 Å². The fourth-order valence-corrected chi connectivity index (χ4v) is 5.43. The van der Waals surface area contributed by atoms with E-state index >= 15 is 0 Å². The molecule has 2 rings (SSSR count). The highest BCUT2D eigenvalue weighted by Crippen LogP contribution is 2.63. The van der Waals surface area contributed by atoms with Crippen LogP contribution in [0.1, 0.15) is 46.0 Å². The van der Waals surface area contributed by atoms with Crippen molar-refractivity contribution in [1.82, 2.24) is 0 Å². The zero-order chi connectivity index (χ0) is 14.3. The van der Waals surface area contributed by atoms with E-state index in [9.17, 15) is 13.2 Å². The third-order valence-corrected chi connectivity index (χ3v) is 6.20. The molecule has 0 amide bonds. The van der Waals surface area contributed by atoms with Crippen molar-refractivity contribution in [3.8, 4) is 0 Å². The Balaban J connectivity index is 1.96. The number of ether oxygens (including phenoxy) is 1. The summed E-state index contributed by atoms with van der Waals surface area (Å²) in [5.74, 6) is 1.15. The van der Waals surface area contributed by atoms with Crippen molar-refractivity contribution in [3.63, 3.8) is 0 Å². The van der Waals surface area contributed by atoms with Gasteiger partial charge >= 0.3 is 6.18 Å². The molecule has 2 aliphatic rings. The van der Waals surface area contributed by atoms with E-state index in [1.165, 1.54) is 6.42 Å². The van der Waals surface area contributed by atoms with Crippen LogP contribution in [0.15, 0.2) is 0 Å². The second-order valence-corrected chi connectivity index (χ2v) is 7.08. The van der Waals surface area contributed by atoms with Gasteiger partial charge in [0, 0.05) is 18.4 Å². The maximum atomic E-state index is 12.2. The van der Waals surface area contributed by atoms with E-state index in [-0.39, 0.29) is 24.0 Å². The fraction of sp³-hybridized carbons (Fsp3) is 1.00. The van der Waals surface area contributed by atoms with Crippen LogP contribution in [0.25, 0.3) is 0 Å². The molecule has 19 heavy (non-hydrogen) atoms. The molecule has 0 aromatic rings. The van der Waals surface area contributed by atoms with Crippen LogP contribution >= 0.6 is 15.9 Å². The molecule has 2 bridgehead atoms. The Morgan fingerprint density at radius 3 is 2.32 bits per heavy atom. The lowest BCUT2D eigenvalue weighted by Gasteiger charge is -2.48. The Hall–Kier alpha value is 0.230. The van der Waals surface area contributed by atoms with Crippen LogP contribution < -0.4 is 0 Å². The minimum atomic E-state index is -4.07. The van der Waals surface area contributed by atoms with Gasteiger partial charge in [0.25, 0.3) is 0 Å². The maximum absolute atomic E-state index is 12.2. The van der Waals surface area contributed by atoms with Crippen molar-refractivity contribution in [3.05, 3.63) is 0 Å². The molecule has 2 saturated carbocycles. The van der Waals surface area contributed by atoms with Gasteiger partial charge in [0.05, 0.1) is 5.60 Å². The third kappa shape index (κ3) is 2.69. The summed E-state index contributed by atoms with van der Waals surface area (Å²) in [6.45, 7) is 4.63. The van der Waals surface area contributed by atoms with Gasteiger partial charge in [0.2, 0.25) is 0 Å². The molecule has 2 fully saturated rings. The molecule has 0 aromatic heterocycles. The van der Waals surface area contributed by atoms with Gasteiger partial charge in [-0.2, -0.15) is 13.2 Å². The lowest BCUT2D eigenvalue weighted by molar-refractivity contribution is -0.158. The second kappa shape index (κ2) is 5.21. The number of alkyl halides is 4. The zero-order valence-corrected chi connectivity index (χ0v) is 13.1. The number of halogens is 4. The van der Waals surface area contributed by atoms with E-state index in [4.69, 9.17) is 4.74 Å². The van der Waals surface area contributed by atoms with Crippen LogP contribution in [0.5, 0.6) is 0 Å². The van der Waals surface area contributed by atoms with Crippen LogP contribution in [-0.2, 0) is 4.74 Å². The van der Waals surface area contributed by atoms with Crippen LogP contribution in [-0.4, -0.2) is 23.7 Å². The SMILES string of the molecule is CC1(C)C2CCC(C2)C1(CBr)OCCCC(F)(F)F. The van der Waals surface area contributed by atoms with Crippen LogP contribution in [0.4, 0.5) is 13.2 Å². The lowest BCUT2D eigenvalue weighted by Crippen LogP contribution is -2.53. The molecule has 0 heterocycles. The van der Waals surface area contributed by atoms with E-state index in [2.05, 4.69) is 29.8 Å². The number of fused-ring (bicyclic) bond motifs is 2. The first-order valence-electron chi connectivity index (χ1n) is 6.99. The van der Waals surface area contributed by atoms with Crippen molar-refractivity contribution in [2.45, 2.75) is 57.7 Å². The predicted molar refractivity (Wildman–Crippen MR) is 72.4 cm³/mol. The first-order valence-corrected chi connectivity index (χ1v) is 8.12. The average molecular weight is 343 g/mol. The Morgan fingerprint density at radius 2 is 1.84 bits per heavy atom. The number of hydrogen-bond acceptors (Lipinski definition) is 1. The summed E-state index contributed by atoms with van der Waals surface area (Å²) in [5.41, 5.74) is -0.223. The second-order valence-electron chi connectivity index (χ2n) is 6.52. The van der Waals surface area contributed by atoms with Gasteiger partial charge < -0.3 is 4.74 Å². The number of rotatable bonds is 5. The first kappa shape index (κ1) is 15.6. The van der Waals surface area contributed by atoms with Crippen molar-refractivity contribution < 1.29 is 17.9 Å². The summed E-state index contributed by atoms with van der Waals surface area (Å²) in [6.07, 6.45) is -1.21. The van der Waals surface area contributed by atoms with E-state index < -0.39 is 12.6 Å². The Bertz CT molecular complexity index is 329. The normalized spacial score (nSPS) is 36.9. The van der Waals surface area contributed by atoms with Crippen molar-refractivity contribution in [1.29, 1.82) is 0 Å². The molecule has 0 saturated heterocycles. The minimum absolute atomic E-state index is 0.0532. The molecular weight excluding hydrogens is 321 g/mol. The van der Waals surface area contributed by atoms with E-state index in [0.29, 0.717) is 11.8 Å². The Labute approximate surface area is 121 Å². The van der Waals surface area contributed by atoms with Gasteiger partial charge in [-0.05, 0) is 42.9 Å². The van der Waals surface area contributed by atoms with E-state index in [0.717, 1.165) is 18.2 Å². The zero-order valence-electron chi connectivity index (χ0n) is 11.5. The van der Waals surface area contributed by atoms with Crippen LogP contribution in [0, 0.1) is 17.3 Å². The van der Waals surface area contributed by atoms with Gasteiger partial charge in [-0.25, -0.2) is 0 Å². The van der Waals surface area contributed by atoms with Crippen molar-refractivity contribution in [2.24, 2.45) is 17.3 Å². The monoisotopic (exact) mass is 342 g/mol. The molecular formula is C14H22BrF3O. The molecule has 1 nitrogen and oxygen atoms in total. The summed E-state index contributed by atoms with van der Waals surface area (Å²) in [7, 11) is 0. The largest absolute Gasteiger partial charge is 0.389 e. The summed E-state index contributed by atoms with van der Waals surface area (Å²) >= 11 is 3.56. The molecule has 0 aromatic carbocycles. The van der Waals surface area contributed by atoms with Crippen LogP contribution in [0.2, 0.25) is 0 Å². The summed E-state index contributed by atoms with van der Waals surface area (Å²) in [5, 5.41) is 0.722. The van der Waals surface area contributed by atoms with Gasteiger partial charge in [-0.1, -0.05) is 29.8 Å². The summed E-state index contributed by atoms with van der Waals surface area (Å²) < 4.78 is 42.5. The molecule has 5 heteroatoms. The summed E-state index contributed by atoms with van der Waals surface area (Å²) in [4.78, 5) is 0. The van der Waals surface area contributed by atoms with E-state index in [1.807, 2.05) is 0 Å². The third-order valence-electron chi connectivity index (χ3n) is 5.37. The van der Waals surface area contributed by atoms with Gasteiger partial charge in [-0.15, -0.1) is 0 Å². The molecule has 0 radical (unpaired) electrons. The molecule has 0 aliphatic heterocycles. The molecule has 0 N–H and O–H groups in total.